The fourth-order valence-corrected chi connectivity index (χ4v) is 3.04. The lowest BCUT2D eigenvalue weighted by Crippen LogP contribution is -2.26. The lowest BCUT2D eigenvalue weighted by atomic mass is 9.99. The molecule has 1 N–H and O–H groups in total. The summed E-state index contributed by atoms with van der Waals surface area (Å²) in [5.74, 6) is 0.374. The van der Waals surface area contributed by atoms with Crippen molar-refractivity contribution in [3.63, 3.8) is 0 Å². The van der Waals surface area contributed by atoms with Gasteiger partial charge in [0.2, 0.25) is 0 Å². The second kappa shape index (κ2) is 6.60. The highest BCUT2D eigenvalue weighted by atomic mass is 35.5. The van der Waals surface area contributed by atoms with Crippen LogP contribution in [0.1, 0.15) is 21.5 Å². The molecule has 0 unspecified atom stereocenters. The first-order chi connectivity index (χ1) is 11.1. The number of amides is 1. The molecular weight excluding hydrogens is 312 g/mol. The number of ether oxygens (including phenoxy) is 1. The number of carbonyl (C=O) groups excluding carboxylic acids is 1. The summed E-state index contributed by atoms with van der Waals surface area (Å²) in [6, 6.07) is 11.1. The molecule has 0 atom stereocenters. The van der Waals surface area contributed by atoms with Gasteiger partial charge in [-0.1, -0.05) is 17.7 Å². The van der Waals surface area contributed by atoms with Crippen molar-refractivity contribution in [3.8, 4) is 5.75 Å². The number of hydrogen-bond donors (Lipinski definition) is 1. The molecule has 0 radical (unpaired) electrons. The van der Waals surface area contributed by atoms with Crippen LogP contribution in [0.3, 0.4) is 0 Å². The maximum Gasteiger partial charge on any atom is 0.255 e. The van der Waals surface area contributed by atoms with Gasteiger partial charge in [-0.3, -0.25) is 4.79 Å². The predicted molar refractivity (Wildman–Crippen MR) is 92.4 cm³/mol. The third kappa shape index (κ3) is 3.49. The summed E-state index contributed by atoms with van der Waals surface area (Å²) < 4.78 is 5.10. The van der Waals surface area contributed by atoms with Crippen LogP contribution in [-0.2, 0) is 13.0 Å². The molecule has 0 saturated carbocycles. The molecule has 5 heteroatoms. The number of carbonyl (C=O) groups is 1. The van der Waals surface area contributed by atoms with Crippen LogP contribution in [0.4, 0.5) is 5.69 Å². The Labute approximate surface area is 141 Å². The van der Waals surface area contributed by atoms with Crippen molar-refractivity contribution in [2.24, 2.45) is 0 Å². The molecule has 1 aliphatic heterocycles. The predicted octanol–water partition coefficient (Wildman–Crippen LogP) is 3.59. The summed E-state index contributed by atoms with van der Waals surface area (Å²) in [6.07, 6.45) is 1.05. The molecule has 0 bridgehead atoms. The normalized spacial score (nSPS) is 14.2. The van der Waals surface area contributed by atoms with Crippen LogP contribution in [0, 0.1) is 0 Å². The Hall–Kier alpha value is -2.04. The Morgan fingerprint density at radius 3 is 2.78 bits per heavy atom. The van der Waals surface area contributed by atoms with Gasteiger partial charge in [0.05, 0.1) is 12.1 Å². The third-order valence-corrected chi connectivity index (χ3v) is 4.38. The number of rotatable bonds is 3. The third-order valence-electron chi connectivity index (χ3n) is 4.08. The van der Waals surface area contributed by atoms with Crippen molar-refractivity contribution in [1.82, 2.24) is 4.90 Å². The van der Waals surface area contributed by atoms with Gasteiger partial charge in [0.15, 0.2) is 0 Å². The molecule has 2 aromatic carbocycles. The van der Waals surface area contributed by atoms with Crippen molar-refractivity contribution in [3.05, 3.63) is 58.1 Å². The Morgan fingerprint density at radius 2 is 2.04 bits per heavy atom. The highest BCUT2D eigenvalue weighted by molar-refractivity contribution is 6.32. The summed E-state index contributed by atoms with van der Waals surface area (Å²) in [5.41, 5.74) is 3.93. The van der Waals surface area contributed by atoms with Gasteiger partial charge in [-0.05, 0) is 54.9 Å². The van der Waals surface area contributed by atoms with E-state index in [1.807, 2.05) is 12.1 Å². The van der Waals surface area contributed by atoms with E-state index in [9.17, 15) is 4.79 Å². The monoisotopic (exact) mass is 330 g/mol. The Morgan fingerprint density at radius 1 is 1.22 bits per heavy atom. The van der Waals surface area contributed by atoms with Gasteiger partial charge in [-0.15, -0.1) is 0 Å². The van der Waals surface area contributed by atoms with Crippen LogP contribution in [-0.4, -0.2) is 31.5 Å². The van der Waals surface area contributed by atoms with Crippen molar-refractivity contribution in [2.75, 3.05) is 26.0 Å². The molecule has 0 aromatic heterocycles. The number of fused-ring (bicyclic) bond motifs is 1. The van der Waals surface area contributed by atoms with Gasteiger partial charge in [-0.25, -0.2) is 0 Å². The van der Waals surface area contributed by atoms with Crippen molar-refractivity contribution >= 4 is 23.2 Å². The van der Waals surface area contributed by atoms with Crippen LogP contribution in [0.25, 0.3) is 0 Å². The van der Waals surface area contributed by atoms with E-state index >= 15 is 0 Å². The maximum absolute atomic E-state index is 12.4. The number of likely N-dealkylation sites (N-methyl/N-ethyl adjacent to an activating group) is 1. The van der Waals surface area contributed by atoms with E-state index in [4.69, 9.17) is 16.3 Å². The lowest BCUT2D eigenvalue weighted by molar-refractivity contribution is 0.102. The number of nitrogens with zero attached hydrogens (tertiary/aromatic N) is 1. The van der Waals surface area contributed by atoms with E-state index in [0.29, 0.717) is 16.3 Å². The van der Waals surface area contributed by atoms with E-state index in [1.54, 1.807) is 25.3 Å². The fraction of sp³-hybridized carbons (Fsp3) is 0.278. The number of nitrogens with one attached hydrogen (secondary N) is 1. The fourth-order valence-electron chi connectivity index (χ4n) is 2.79. The molecule has 1 amide bonds. The first-order valence-corrected chi connectivity index (χ1v) is 7.90. The minimum atomic E-state index is -0.182. The summed E-state index contributed by atoms with van der Waals surface area (Å²) in [7, 11) is 3.65. The zero-order valence-electron chi connectivity index (χ0n) is 13.2. The Bertz CT molecular complexity index is 746. The Balaban J connectivity index is 1.78. The van der Waals surface area contributed by atoms with Crippen LogP contribution in [0.2, 0.25) is 5.02 Å². The van der Waals surface area contributed by atoms with Crippen LogP contribution < -0.4 is 10.1 Å². The first kappa shape index (κ1) is 15.8. The van der Waals surface area contributed by atoms with Crippen LogP contribution in [0.5, 0.6) is 5.75 Å². The van der Waals surface area contributed by atoms with Gasteiger partial charge < -0.3 is 15.0 Å². The highest BCUT2D eigenvalue weighted by Crippen LogP contribution is 2.26. The summed E-state index contributed by atoms with van der Waals surface area (Å²) in [5, 5.41) is 3.35. The molecule has 0 spiro atoms. The van der Waals surface area contributed by atoms with E-state index < -0.39 is 0 Å². The molecule has 0 saturated heterocycles. The topological polar surface area (TPSA) is 41.6 Å². The smallest absolute Gasteiger partial charge is 0.255 e. The summed E-state index contributed by atoms with van der Waals surface area (Å²) in [4.78, 5) is 14.7. The molecular formula is C18H19ClN2O2. The summed E-state index contributed by atoms with van der Waals surface area (Å²) in [6.45, 7) is 1.98. The molecule has 2 aromatic rings. The SMILES string of the molecule is COc1ccc(C(=O)Nc2ccc3c(c2)CN(C)CC3)cc1Cl. The van der Waals surface area contributed by atoms with E-state index in [0.717, 1.165) is 25.2 Å². The molecule has 0 aliphatic carbocycles. The maximum atomic E-state index is 12.4. The largest absolute Gasteiger partial charge is 0.495 e. The second-order valence-corrected chi connectivity index (χ2v) is 6.18. The molecule has 120 valence electrons. The van der Waals surface area contributed by atoms with E-state index in [-0.39, 0.29) is 5.91 Å². The van der Waals surface area contributed by atoms with Crippen molar-refractivity contribution in [1.29, 1.82) is 0 Å². The zero-order valence-corrected chi connectivity index (χ0v) is 14.0. The lowest BCUT2D eigenvalue weighted by Gasteiger charge is -2.25. The number of anilines is 1. The Kier molecular flexibility index (Phi) is 4.55. The number of halogens is 1. The highest BCUT2D eigenvalue weighted by Gasteiger charge is 2.15. The van der Waals surface area contributed by atoms with Gasteiger partial charge in [0.1, 0.15) is 5.75 Å². The molecule has 1 heterocycles. The summed E-state index contributed by atoms with van der Waals surface area (Å²) >= 11 is 6.08. The van der Waals surface area contributed by atoms with E-state index in [1.165, 1.54) is 11.1 Å². The average molecular weight is 331 g/mol. The first-order valence-electron chi connectivity index (χ1n) is 7.52. The van der Waals surface area contributed by atoms with Gasteiger partial charge in [0, 0.05) is 24.3 Å². The van der Waals surface area contributed by atoms with Crippen LogP contribution >= 0.6 is 11.6 Å². The number of benzene rings is 2. The molecule has 4 nitrogen and oxygen atoms in total. The zero-order chi connectivity index (χ0) is 16.4. The molecule has 3 rings (SSSR count). The number of methoxy groups -OCH3 is 1. The number of hydrogen-bond acceptors (Lipinski definition) is 3. The van der Waals surface area contributed by atoms with E-state index in [2.05, 4.69) is 23.3 Å². The molecule has 0 fully saturated rings. The minimum Gasteiger partial charge on any atom is -0.495 e. The van der Waals surface area contributed by atoms with Gasteiger partial charge in [-0.2, -0.15) is 0 Å². The molecule has 1 aliphatic rings. The molecule has 23 heavy (non-hydrogen) atoms. The van der Waals surface area contributed by atoms with Crippen LogP contribution in [0.15, 0.2) is 36.4 Å². The van der Waals surface area contributed by atoms with Crippen molar-refractivity contribution < 1.29 is 9.53 Å². The quantitative estimate of drug-likeness (QED) is 0.935. The minimum absolute atomic E-state index is 0.182. The van der Waals surface area contributed by atoms with Gasteiger partial charge in [0.25, 0.3) is 5.91 Å². The van der Waals surface area contributed by atoms with Crippen molar-refractivity contribution in [2.45, 2.75) is 13.0 Å². The van der Waals surface area contributed by atoms with Gasteiger partial charge >= 0.3 is 0 Å². The average Bonchev–Trinajstić information content (AvgIpc) is 2.54. The standard InChI is InChI=1S/C18H19ClN2O2/c1-21-8-7-12-3-5-15(9-14(12)11-21)20-18(22)13-4-6-17(23-2)16(19)10-13/h3-6,9-10H,7-8,11H2,1-2H3,(H,20,22). The second-order valence-electron chi connectivity index (χ2n) is 5.77.